The van der Waals surface area contributed by atoms with E-state index in [0.29, 0.717) is 12.8 Å². The Balaban J connectivity index is 1.97. The van der Waals surface area contributed by atoms with E-state index in [1.165, 1.54) is 0 Å². The van der Waals surface area contributed by atoms with Crippen molar-refractivity contribution in [2.45, 2.75) is 56.3 Å². The van der Waals surface area contributed by atoms with Crippen molar-refractivity contribution >= 4 is 5.97 Å². The van der Waals surface area contributed by atoms with Crippen molar-refractivity contribution in [1.29, 1.82) is 0 Å². The molecule has 0 aromatic heterocycles. The van der Waals surface area contributed by atoms with Crippen LogP contribution >= 0.6 is 0 Å². The van der Waals surface area contributed by atoms with Crippen LogP contribution in [0.1, 0.15) is 34.8 Å². The number of hydrogen-bond donors (Lipinski definition) is 1. The van der Waals surface area contributed by atoms with E-state index in [4.69, 9.17) is 12.2 Å². The summed E-state index contributed by atoms with van der Waals surface area (Å²) in [5.41, 5.74) is 0. The predicted octanol–water partition coefficient (Wildman–Crippen LogP) is 0.306. The Morgan fingerprint density at radius 2 is 2.07 bits per heavy atom. The summed E-state index contributed by atoms with van der Waals surface area (Å²) >= 11 is 0. The van der Waals surface area contributed by atoms with E-state index in [1.54, 1.807) is 0 Å². The molecular formula is C10H14O5. The van der Waals surface area contributed by atoms with Crippen LogP contribution in [0.2, 0.25) is 0 Å². The molecule has 0 radical (unpaired) electrons. The molecule has 5 nitrogen and oxygen atoms in total. The first-order valence-corrected chi connectivity index (χ1v) is 5.21. The maximum atomic E-state index is 11.5. The van der Waals surface area contributed by atoms with E-state index < -0.39 is 30.2 Å². The zero-order valence-corrected chi connectivity index (χ0v) is 8.19. The van der Waals surface area contributed by atoms with Crippen LogP contribution in [-0.4, -0.2) is 35.3 Å². The van der Waals surface area contributed by atoms with Gasteiger partial charge in [-0.3, -0.25) is 0 Å². The van der Waals surface area contributed by atoms with Gasteiger partial charge in [-0.2, -0.15) is 0 Å². The highest BCUT2D eigenvalue weighted by Crippen LogP contribution is 2.43. The number of cyclic esters (lactones) is 1. The molecule has 0 aromatic rings. The van der Waals surface area contributed by atoms with Crippen LogP contribution in [-0.2, 0) is 19.0 Å². The quantitative estimate of drug-likeness (QED) is 0.590. The van der Waals surface area contributed by atoms with Gasteiger partial charge in [-0.15, -0.1) is 0 Å². The lowest BCUT2D eigenvalue weighted by molar-refractivity contribution is -0.233. The number of esters is 1. The lowest BCUT2D eigenvalue weighted by Crippen LogP contribution is -2.36. The molecular weight excluding hydrogens is 200 g/mol. The average molecular weight is 216 g/mol. The van der Waals surface area contributed by atoms with Crippen LogP contribution in [0.25, 0.3) is 0 Å². The van der Waals surface area contributed by atoms with Gasteiger partial charge < -0.3 is 19.3 Å². The Morgan fingerprint density at radius 1 is 1.33 bits per heavy atom. The number of ether oxygens (including phenoxy) is 3. The summed E-state index contributed by atoms with van der Waals surface area (Å²) in [5.74, 6) is -2.13. The van der Waals surface area contributed by atoms with Crippen LogP contribution in [0.15, 0.2) is 0 Å². The summed E-state index contributed by atoms with van der Waals surface area (Å²) < 4.78 is 31.2. The summed E-state index contributed by atoms with van der Waals surface area (Å²) in [4.78, 5) is 11.5. The molecule has 84 valence electrons. The molecule has 0 amide bonds. The fourth-order valence-electron chi connectivity index (χ4n) is 2.31. The van der Waals surface area contributed by atoms with Crippen LogP contribution < -0.4 is 0 Å². The summed E-state index contributed by atoms with van der Waals surface area (Å²) in [6.07, 6.45) is -2.39. The minimum atomic E-state index is -2.27. The Labute approximate surface area is 90.1 Å². The number of carbonyl (C=O) groups excluding carboxylic acids is 1. The first-order chi connectivity index (χ1) is 7.92. The van der Waals surface area contributed by atoms with Gasteiger partial charge in [0.05, 0.1) is 2.74 Å². The molecule has 1 spiro atoms. The third kappa shape index (κ3) is 1.38. The van der Waals surface area contributed by atoms with Crippen molar-refractivity contribution in [2.24, 2.45) is 0 Å². The van der Waals surface area contributed by atoms with Gasteiger partial charge in [0.2, 0.25) is 6.29 Å². The molecule has 1 unspecified atom stereocenters. The number of aliphatic hydroxyl groups is 1. The van der Waals surface area contributed by atoms with Gasteiger partial charge in [-0.1, -0.05) is 6.42 Å². The van der Waals surface area contributed by atoms with Gasteiger partial charge in [-0.05, 0) is 12.8 Å². The average Bonchev–Trinajstić information content (AvgIpc) is 2.57. The maximum absolute atomic E-state index is 11.5. The highest BCUT2D eigenvalue weighted by atomic mass is 16.8. The number of fused-ring (bicyclic) bond motifs is 1. The molecule has 2 aliphatic heterocycles. The first kappa shape index (κ1) is 7.60. The van der Waals surface area contributed by atoms with E-state index >= 15 is 0 Å². The Kier molecular flexibility index (Phi) is 1.60. The topological polar surface area (TPSA) is 65.0 Å². The lowest BCUT2D eigenvalue weighted by atomic mass is 9.94. The zero-order chi connectivity index (χ0) is 12.3. The molecule has 1 aliphatic carbocycles. The van der Waals surface area contributed by atoms with E-state index in [1.807, 2.05) is 0 Å². The second kappa shape index (κ2) is 3.17. The van der Waals surface area contributed by atoms with Gasteiger partial charge in [0.1, 0.15) is 0 Å². The second-order valence-corrected chi connectivity index (χ2v) is 4.13. The SMILES string of the molecule is [2H][C@@]12OC3(CCCCC3)O[C@]1([2H])C(O)OC2=O. The standard InChI is InChI=1S/C10H14O5/c11-8-6-7(9(12)13-8)15-10(14-6)4-2-1-3-5-10/h6-8,11H,1-5H2/t6-,7+,8?/m0/s1/i6D,7D. The van der Waals surface area contributed by atoms with E-state index in [-0.39, 0.29) is 0 Å². The molecule has 3 aliphatic rings. The van der Waals surface area contributed by atoms with Crippen molar-refractivity contribution in [1.82, 2.24) is 0 Å². The van der Waals surface area contributed by atoms with Crippen molar-refractivity contribution in [3.63, 3.8) is 0 Å². The summed E-state index contributed by atoms with van der Waals surface area (Å²) in [6, 6.07) is 0. The van der Waals surface area contributed by atoms with Crippen molar-refractivity contribution in [3.05, 3.63) is 0 Å². The minimum absolute atomic E-state index is 0.536. The number of rotatable bonds is 0. The second-order valence-electron chi connectivity index (χ2n) is 4.13. The molecule has 2 saturated heterocycles. The fourth-order valence-corrected chi connectivity index (χ4v) is 2.31. The van der Waals surface area contributed by atoms with Gasteiger partial charge in [0, 0.05) is 12.8 Å². The third-order valence-electron chi connectivity index (χ3n) is 3.05. The lowest BCUT2D eigenvalue weighted by Gasteiger charge is -2.32. The van der Waals surface area contributed by atoms with E-state index in [0.717, 1.165) is 19.3 Å². The Morgan fingerprint density at radius 3 is 2.73 bits per heavy atom. The molecule has 1 N–H and O–H groups in total. The van der Waals surface area contributed by atoms with Crippen molar-refractivity contribution in [2.75, 3.05) is 0 Å². The van der Waals surface area contributed by atoms with Crippen molar-refractivity contribution < 1.29 is 26.9 Å². The Bertz CT molecular complexity index is 370. The van der Waals surface area contributed by atoms with Gasteiger partial charge in [-0.25, -0.2) is 4.79 Å². The Hall–Kier alpha value is -0.650. The normalized spacial score (nSPS) is 54.7. The predicted molar refractivity (Wildman–Crippen MR) is 47.7 cm³/mol. The van der Waals surface area contributed by atoms with Gasteiger partial charge in [0.25, 0.3) is 0 Å². The van der Waals surface area contributed by atoms with Crippen LogP contribution in [0.4, 0.5) is 0 Å². The molecule has 1 saturated carbocycles. The van der Waals surface area contributed by atoms with Crippen LogP contribution in [0, 0.1) is 0 Å². The molecule has 3 fully saturated rings. The molecule has 3 atom stereocenters. The highest BCUT2D eigenvalue weighted by molar-refractivity contribution is 5.78. The monoisotopic (exact) mass is 216 g/mol. The summed E-state index contributed by atoms with van der Waals surface area (Å²) in [7, 11) is 0. The van der Waals surface area contributed by atoms with Gasteiger partial charge >= 0.3 is 5.97 Å². The summed E-state index contributed by atoms with van der Waals surface area (Å²) in [5, 5.41) is 9.55. The van der Waals surface area contributed by atoms with Gasteiger partial charge in [0.15, 0.2) is 17.9 Å². The smallest absolute Gasteiger partial charge is 0.340 e. The largest absolute Gasteiger partial charge is 0.431 e. The number of hydrogen-bond acceptors (Lipinski definition) is 5. The fraction of sp³-hybridized carbons (Fsp3) is 0.900. The summed E-state index contributed by atoms with van der Waals surface area (Å²) in [6.45, 7) is 0. The first-order valence-electron chi connectivity index (χ1n) is 6.21. The molecule has 5 heteroatoms. The number of aliphatic hydroxyl groups excluding tert-OH is 1. The van der Waals surface area contributed by atoms with Crippen molar-refractivity contribution in [3.8, 4) is 0 Å². The zero-order valence-electron chi connectivity index (χ0n) is 10.2. The third-order valence-corrected chi connectivity index (χ3v) is 3.05. The van der Waals surface area contributed by atoms with E-state index in [2.05, 4.69) is 4.74 Å². The molecule has 15 heavy (non-hydrogen) atoms. The minimum Gasteiger partial charge on any atom is -0.431 e. The molecule has 3 rings (SSSR count). The number of carbonyl (C=O) groups is 1. The molecule has 2 heterocycles. The molecule has 0 aromatic carbocycles. The molecule has 0 bridgehead atoms. The van der Waals surface area contributed by atoms with Crippen LogP contribution in [0.5, 0.6) is 0 Å². The van der Waals surface area contributed by atoms with Crippen LogP contribution in [0.3, 0.4) is 0 Å². The highest BCUT2D eigenvalue weighted by Gasteiger charge is 2.58. The van der Waals surface area contributed by atoms with E-state index in [9.17, 15) is 9.90 Å². The maximum Gasteiger partial charge on any atom is 0.340 e.